The van der Waals surface area contributed by atoms with Gasteiger partial charge in [-0.3, -0.25) is 14.4 Å². The summed E-state index contributed by atoms with van der Waals surface area (Å²) in [5.41, 5.74) is 0. The van der Waals surface area contributed by atoms with E-state index in [1.807, 2.05) is 0 Å². The van der Waals surface area contributed by atoms with Gasteiger partial charge in [-0.15, -0.1) is 0 Å². The molecule has 354 valence electrons. The second kappa shape index (κ2) is 50.0. The monoisotopic (exact) mass is 855 g/mol. The van der Waals surface area contributed by atoms with Crippen molar-refractivity contribution in [3.8, 4) is 0 Å². The van der Waals surface area contributed by atoms with Crippen molar-refractivity contribution in [1.82, 2.24) is 0 Å². The molecule has 0 saturated carbocycles. The Labute approximate surface area is 378 Å². The maximum absolute atomic E-state index is 12.8. The summed E-state index contributed by atoms with van der Waals surface area (Å²) >= 11 is 0. The normalized spacial score (nSPS) is 12.4. The van der Waals surface area contributed by atoms with Gasteiger partial charge in [0.2, 0.25) is 0 Å². The minimum absolute atomic E-state index is 0.0829. The molecule has 0 aliphatic carbocycles. The minimum atomic E-state index is -0.781. The highest BCUT2D eigenvalue weighted by Gasteiger charge is 2.19. The van der Waals surface area contributed by atoms with Gasteiger partial charge in [-0.1, -0.05) is 217 Å². The number of carbonyl (C=O) groups excluding carboxylic acids is 3. The summed E-state index contributed by atoms with van der Waals surface area (Å²) in [5.74, 6) is -0.901. The van der Waals surface area contributed by atoms with Gasteiger partial charge in [-0.25, -0.2) is 0 Å². The molecular formula is C55H98O6. The van der Waals surface area contributed by atoms with Gasteiger partial charge < -0.3 is 14.2 Å². The fourth-order valence-electron chi connectivity index (χ4n) is 7.33. The third kappa shape index (κ3) is 48.3. The summed E-state index contributed by atoms with van der Waals surface area (Å²) in [4.78, 5) is 38.0. The highest BCUT2D eigenvalue weighted by Crippen LogP contribution is 2.15. The van der Waals surface area contributed by atoms with Crippen molar-refractivity contribution in [2.24, 2.45) is 0 Å². The molecule has 1 atom stereocenters. The van der Waals surface area contributed by atoms with Crippen molar-refractivity contribution in [1.29, 1.82) is 0 Å². The Morgan fingerprint density at radius 1 is 0.328 bits per heavy atom. The summed E-state index contributed by atoms with van der Waals surface area (Å²) in [7, 11) is 0. The zero-order valence-electron chi connectivity index (χ0n) is 40.4. The molecule has 0 fully saturated rings. The number of carbonyl (C=O) groups is 3. The Hall–Kier alpha value is -2.63. The molecule has 6 heteroatoms. The fraction of sp³-hybridized carbons (Fsp3) is 0.800. The summed E-state index contributed by atoms with van der Waals surface area (Å²) < 4.78 is 16.8. The number of hydrogen-bond donors (Lipinski definition) is 0. The molecule has 0 aliphatic rings. The van der Waals surface area contributed by atoms with E-state index in [0.29, 0.717) is 19.3 Å². The lowest BCUT2D eigenvalue weighted by Gasteiger charge is -2.18. The molecule has 0 rings (SSSR count). The highest BCUT2D eigenvalue weighted by atomic mass is 16.6. The van der Waals surface area contributed by atoms with Crippen LogP contribution in [0.3, 0.4) is 0 Å². The van der Waals surface area contributed by atoms with Gasteiger partial charge in [0, 0.05) is 19.3 Å². The molecule has 0 saturated heterocycles. The third-order valence-electron chi connectivity index (χ3n) is 11.3. The van der Waals surface area contributed by atoms with E-state index >= 15 is 0 Å². The molecule has 0 N–H and O–H groups in total. The van der Waals surface area contributed by atoms with E-state index in [0.717, 1.165) is 103 Å². The van der Waals surface area contributed by atoms with Crippen LogP contribution in [0, 0.1) is 0 Å². The van der Waals surface area contributed by atoms with Gasteiger partial charge in [0.05, 0.1) is 0 Å². The molecule has 0 aliphatic heterocycles. The second-order valence-electron chi connectivity index (χ2n) is 17.4. The lowest BCUT2D eigenvalue weighted by molar-refractivity contribution is -0.167. The van der Waals surface area contributed by atoms with Crippen LogP contribution in [0.15, 0.2) is 48.6 Å². The van der Waals surface area contributed by atoms with Crippen LogP contribution in [0.1, 0.15) is 265 Å². The maximum atomic E-state index is 12.8. The first-order valence-electron chi connectivity index (χ1n) is 26.1. The first-order valence-corrected chi connectivity index (χ1v) is 26.1. The number of esters is 3. The molecule has 0 radical (unpaired) electrons. The van der Waals surface area contributed by atoms with Gasteiger partial charge >= 0.3 is 17.9 Å². The first kappa shape index (κ1) is 58.4. The zero-order chi connectivity index (χ0) is 44.4. The lowest BCUT2D eigenvalue weighted by atomic mass is 10.0. The lowest BCUT2D eigenvalue weighted by Crippen LogP contribution is -2.30. The Morgan fingerprint density at radius 3 is 0.984 bits per heavy atom. The highest BCUT2D eigenvalue weighted by molar-refractivity contribution is 5.71. The molecule has 0 heterocycles. The van der Waals surface area contributed by atoms with Crippen LogP contribution in [0.25, 0.3) is 0 Å². The van der Waals surface area contributed by atoms with Crippen molar-refractivity contribution in [3.05, 3.63) is 48.6 Å². The average Bonchev–Trinajstić information content (AvgIpc) is 3.26. The van der Waals surface area contributed by atoms with Crippen LogP contribution in [-0.4, -0.2) is 37.2 Å². The van der Waals surface area contributed by atoms with Crippen LogP contribution in [0.2, 0.25) is 0 Å². The van der Waals surface area contributed by atoms with Crippen molar-refractivity contribution < 1.29 is 28.6 Å². The standard InChI is InChI=1S/C55H98O6/c1-4-7-10-13-16-19-22-25-27-28-31-33-36-39-42-45-48-54(57)60-51-52(50-59-53(56)47-44-41-38-35-32-29-24-21-18-15-12-9-6-3)61-55(58)49-46-43-40-37-34-30-26-23-20-17-14-11-8-5-2/h12,15,19,21-22,24,27-28,52H,4-11,13-14,16-18,20,23,25-26,29-51H2,1-3H3/b15-12-,22-19-,24-21-,28-27-. The molecule has 0 spiro atoms. The Balaban J connectivity index is 4.40. The largest absolute Gasteiger partial charge is 0.462 e. The van der Waals surface area contributed by atoms with Crippen LogP contribution >= 0.6 is 0 Å². The SMILES string of the molecule is CCC/C=C\C/C=C\CCCCCCCC(=O)OCC(COC(=O)CCCCCCC/C=C\C/C=C\CCCCCC)OC(=O)CCCCCCCCCCCCCCCC. The smallest absolute Gasteiger partial charge is 0.306 e. The third-order valence-corrected chi connectivity index (χ3v) is 11.3. The molecule has 1 unspecified atom stereocenters. The Bertz CT molecular complexity index is 1070. The topological polar surface area (TPSA) is 78.9 Å². The maximum Gasteiger partial charge on any atom is 0.306 e. The van der Waals surface area contributed by atoms with E-state index in [-0.39, 0.29) is 31.1 Å². The van der Waals surface area contributed by atoms with Crippen LogP contribution < -0.4 is 0 Å². The molecule has 0 amide bonds. The average molecular weight is 855 g/mol. The summed E-state index contributed by atoms with van der Waals surface area (Å²) in [5, 5.41) is 0. The quantitative estimate of drug-likeness (QED) is 0.0263. The molecule has 0 aromatic rings. The van der Waals surface area contributed by atoms with E-state index in [4.69, 9.17) is 14.2 Å². The molecular weight excluding hydrogens is 757 g/mol. The van der Waals surface area contributed by atoms with Crippen molar-refractivity contribution >= 4 is 17.9 Å². The second-order valence-corrected chi connectivity index (χ2v) is 17.4. The summed E-state index contributed by atoms with van der Waals surface area (Å²) in [6.45, 7) is 6.55. The van der Waals surface area contributed by atoms with Crippen LogP contribution in [0.5, 0.6) is 0 Å². The van der Waals surface area contributed by atoms with Crippen LogP contribution in [-0.2, 0) is 28.6 Å². The van der Waals surface area contributed by atoms with Crippen molar-refractivity contribution in [3.63, 3.8) is 0 Å². The first-order chi connectivity index (χ1) is 30.0. The number of rotatable bonds is 47. The predicted octanol–water partition coefficient (Wildman–Crippen LogP) is 17.1. The molecule has 0 bridgehead atoms. The van der Waals surface area contributed by atoms with Crippen LogP contribution in [0.4, 0.5) is 0 Å². The van der Waals surface area contributed by atoms with E-state index in [9.17, 15) is 14.4 Å². The number of ether oxygens (including phenoxy) is 3. The molecule has 61 heavy (non-hydrogen) atoms. The van der Waals surface area contributed by atoms with E-state index in [1.165, 1.54) is 122 Å². The van der Waals surface area contributed by atoms with Gasteiger partial charge in [-0.2, -0.15) is 0 Å². The molecule has 0 aromatic carbocycles. The number of hydrogen-bond acceptors (Lipinski definition) is 6. The number of allylic oxidation sites excluding steroid dienone is 8. The Kier molecular flexibility index (Phi) is 47.9. The summed E-state index contributed by atoms with van der Waals surface area (Å²) in [6, 6.07) is 0. The van der Waals surface area contributed by atoms with Crippen molar-refractivity contribution in [2.45, 2.75) is 271 Å². The van der Waals surface area contributed by atoms with Gasteiger partial charge in [0.1, 0.15) is 13.2 Å². The van der Waals surface area contributed by atoms with Crippen molar-refractivity contribution in [2.75, 3.05) is 13.2 Å². The van der Waals surface area contributed by atoms with E-state index in [2.05, 4.69) is 69.4 Å². The Morgan fingerprint density at radius 2 is 0.623 bits per heavy atom. The van der Waals surface area contributed by atoms with E-state index in [1.54, 1.807) is 0 Å². The van der Waals surface area contributed by atoms with E-state index < -0.39 is 6.10 Å². The van der Waals surface area contributed by atoms with Gasteiger partial charge in [-0.05, 0) is 77.0 Å². The molecule has 0 aromatic heterocycles. The predicted molar refractivity (Wildman–Crippen MR) is 261 cm³/mol. The minimum Gasteiger partial charge on any atom is -0.462 e. The zero-order valence-corrected chi connectivity index (χ0v) is 40.4. The summed E-state index contributed by atoms with van der Waals surface area (Å²) in [6.07, 6.45) is 59.4. The fourth-order valence-corrected chi connectivity index (χ4v) is 7.33. The number of unbranched alkanes of at least 4 members (excludes halogenated alkanes) is 28. The van der Waals surface area contributed by atoms with Gasteiger partial charge in [0.25, 0.3) is 0 Å². The molecule has 6 nitrogen and oxygen atoms in total. The van der Waals surface area contributed by atoms with Gasteiger partial charge in [0.15, 0.2) is 6.10 Å².